The van der Waals surface area contributed by atoms with Crippen LogP contribution in [-0.2, 0) is 4.57 Å². The molecule has 0 spiro atoms. The number of unbranched alkanes of at least 4 members (excludes halogenated alkanes) is 5. The van der Waals surface area contributed by atoms with Crippen molar-refractivity contribution in [2.24, 2.45) is 4.76 Å². The van der Waals surface area contributed by atoms with Gasteiger partial charge in [0.1, 0.15) is 5.84 Å². The summed E-state index contributed by atoms with van der Waals surface area (Å²) in [6.07, 6.45) is 9.73. The second-order valence-electron chi connectivity index (χ2n) is 5.53. The molecule has 0 aromatic carbocycles. The molecule has 1 N–H and O–H groups in total. The van der Waals surface area contributed by atoms with E-state index in [1.807, 2.05) is 0 Å². The highest BCUT2D eigenvalue weighted by atomic mass is 32.7. The predicted molar refractivity (Wildman–Crippen MR) is 96.4 cm³/mol. The Morgan fingerprint density at radius 1 is 1.00 bits per heavy atom. The molecule has 0 aromatic heterocycles. The number of amidine groups is 1. The maximum absolute atomic E-state index is 11.6. The van der Waals surface area contributed by atoms with Crippen LogP contribution in [0.2, 0.25) is 0 Å². The normalized spacial score (nSPS) is 15.0. The summed E-state index contributed by atoms with van der Waals surface area (Å²) in [5.41, 5.74) is 0. The van der Waals surface area contributed by atoms with Crippen LogP contribution < -0.4 is 0 Å². The number of hydrogen-bond donors (Lipinski definition) is 2. The van der Waals surface area contributed by atoms with Gasteiger partial charge in [-0.25, -0.2) is 0 Å². The van der Waals surface area contributed by atoms with E-state index in [1.165, 1.54) is 12.8 Å². The van der Waals surface area contributed by atoms with Crippen molar-refractivity contribution in [1.82, 2.24) is 4.90 Å². The molecule has 0 aliphatic rings. The topological polar surface area (TPSA) is 52.9 Å². The quantitative estimate of drug-likeness (QED) is 0.167. The highest BCUT2D eigenvalue weighted by molar-refractivity contribution is 8.45. The van der Waals surface area contributed by atoms with Gasteiger partial charge in [0.15, 0.2) is 0 Å². The highest BCUT2D eigenvalue weighted by Crippen LogP contribution is 2.47. The molecule has 0 amide bonds. The summed E-state index contributed by atoms with van der Waals surface area (Å²) < 4.78 is 15.6. The van der Waals surface area contributed by atoms with Gasteiger partial charge in [0.2, 0.25) is 0 Å². The maximum atomic E-state index is 11.6. The first kappa shape index (κ1) is 21.0. The molecule has 0 radical (unpaired) electrons. The summed E-state index contributed by atoms with van der Waals surface area (Å²) in [6.45, 7) is 4.67. The van der Waals surface area contributed by atoms with Gasteiger partial charge >= 0.3 is 6.72 Å². The van der Waals surface area contributed by atoms with Crippen molar-refractivity contribution >= 4 is 24.8 Å². The zero-order valence-electron chi connectivity index (χ0n) is 13.9. The third kappa shape index (κ3) is 12.3. The van der Waals surface area contributed by atoms with Crippen molar-refractivity contribution in [3.8, 4) is 0 Å². The first-order valence-electron chi connectivity index (χ1n) is 8.34. The van der Waals surface area contributed by atoms with Crippen LogP contribution >= 0.6 is 19.0 Å². The van der Waals surface area contributed by atoms with Gasteiger partial charge in [0.05, 0.1) is 0 Å². The zero-order chi connectivity index (χ0) is 16.1. The molecule has 6 heteroatoms. The van der Waals surface area contributed by atoms with Crippen LogP contribution in [0, 0.1) is 0 Å². The Hall–Kier alpha value is 0.01000. The lowest BCUT2D eigenvalue weighted by Crippen LogP contribution is -2.33. The van der Waals surface area contributed by atoms with Crippen molar-refractivity contribution < 1.29 is 9.46 Å². The molecule has 0 aliphatic carbocycles. The molecule has 0 fully saturated rings. The first-order valence-corrected chi connectivity index (χ1v) is 11.1. The third-order valence-electron chi connectivity index (χ3n) is 3.43. The first-order chi connectivity index (χ1) is 9.94. The van der Waals surface area contributed by atoms with Crippen molar-refractivity contribution in [3.05, 3.63) is 0 Å². The Bertz CT molecular complexity index is 324. The van der Waals surface area contributed by atoms with E-state index in [9.17, 15) is 9.46 Å². The second-order valence-corrected chi connectivity index (χ2v) is 8.32. The van der Waals surface area contributed by atoms with E-state index in [0.29, 0.717) is 0 Å². The molecule has 0 bridgehead atoms. The van der Waals surface area contributed by atoms with Crippen LogP contribution in [-0.4, -0.2) is 28.7 Å². The molecular weight excluding hydrogens is 303 g/mol. The lowest BCUT2D eigenvalue weighted by atomic mass is 10.1. The van der Waals surface area contributed by atoms with Crippen LogP contribution in [0.1, 0.15) is 78.6 Å². The summed E-state index contributed by atoms with van der Waals surface area (Å²) in [5, 5.41) is 0. The molecule has 1 atom stereocenters. The number of hydrogen-bond acceptors (Lipinski definition) is 1. The SMILES string of the molecule is CCCCCC/C(=N\P(=O)(O)S)N(CCCC)CCCC. The smallest absolute Gasteiger partial charge is 0.360 e. The van der Waals surface area contributed by atoms with Crippen molar-refractivity contribution in [1.29, 1.82) is 0 Å². The fourth-order valence-corrected chi connectivity index (χ4v) is 3.04. The van der Waals surface area contributed by atoms with Gasteiger partial charge in [0, 0.05) is 19.5 Å². The standard InChI is InChI=1S/C15H33N2O2PS/c1-4-7-10-11-12-15(16-20(18,19)21)17(13-8-5-2)14-9-6-3/h4-14H2,1-3H3,(H2,18,19,21)/b16-15+. The van der Waals surface area contributed by atoms with Crippen molar-refractivity contribution in [3.63, 3.8) is 0 Å². The summed E-state index contributed by atoms with van der Waals surface area (Å²) in [7, 11) is 0. The lowest BCUT2D eigenvalue weighted by Gasteiger charge is -2.26. The summed E-state index contributed by atoms with van der Waals surface area (Å²) >= 11 is 3.73. The van der Waals surface area contributed by atoms with E-state index >= 15 is 0 Å². The minimum absolute atomic E-state index is 0.772. The van der Waals surface area contributed by atoms with Crippen LogP contribution in [0.5, 0.6) is 0 Å². The molecule has 0 aromatic rings. The molecule has 1 unspecified atom stereocenters. The Morgan fingerprint density at radius 3 is 1.95 bits per heavy atom. The lowest BCUT2D eigenvalue weighted by molar-refractivity contribution is 0.388. The fourth-order valence-electron chi connectivity index (χ4n) is 2.20. The Balaban J connectivity index is 4.82. The van der Waals surface area contributed by atoms with Gasteiger partial charge in [-0.2, -0.15) is 4.76 Å². The Kier molecular flexibility index (Phi) is 12.5. The summed E-state index contributed by atoms with van der Waals surface area (Å²) in [4.78, 5) is 11.7. The molecule has 0 rings (SSSR count). The average Bonchev–Trinajstić information content (AvgIpc) is 2.41. The van der Waals surface area contributed by atoms with Gasteiger partial charge in [-0.05, 0) is 19.3 Å². The minimum Gasteiger partial charge on any atom is -0.360 e. The van der Waals surface area contributed by atoms with Crippen LogP contribution in [0.25, 0.3) is 0 Å². The van der Waals surface area contributed by atoms with Crippen molar-refractivity contribution in [2.75, 3.05) is 13.1 Å². The van der Waals surface area contributed by atoms with Gasteiger partial charge in [-0.3, -0.25) is 4.57 Å². The van der Waals surface area contributed by atoms with E-state index in [1.54, 1.807) is 0 Å². The number of rotatable bonds is 12. The Morgan fingerprint density at radius 2 is 1.52 bits per heavy atom. The molecule has 0 aliphatic heterocycles. The summed E-state index contributed by atoms with van der Waals surface area (Å²) in [5.74, 6) is 0.772. The Labute approximate surface area is 136 Å². The van der Waals surface area contributed by atoms with Gasteiger partial charge in [0.25, 0.3) is 0 Å². The molecule has 21 heavy (non-hydrogen) atoms. The summed E-state index contributed by atoms with van der Waals surface area (Å²) in [6, 6.07) is 0. The fraction of sp³-hybridized carbons (Fsp3) is 0.933. The van der Waals surface area contributed by atoms with Gasteiger partial charge < -0.3 is 9.79 Å². The molecule has 0 heterocycles. The monoisotopic (exact) mass is 336 g/mol. The molecule has 4 nitrogen and oxygen atoms in total. The third-order valence-corrected chi connectivity index (χ3v) is 4.19. The van der Waals surface area contributed by atoms with Crippen molar-refractivity contribution in [2.45, 2.75) is 78.6 Å². The van der Waals surface area contributed by atoms with Gasteiger partial charge in [-0.1, -0.05) is 65.1 Å². The largest absolute Gasteiger partial charge is 0.367 e. The van der Waals surface area contributed by atoms with E-state index in [2.05, 4.69) is 42.7 Å². The second kappa shape index (κ2) is 12.5. The highest BCUT2D eigenvalue weighted by Gasteiger charge is 2.16. The van der Waals surface area contributed by atoms with E-state index in [4.69, 9.17) is 0 Å². The van der Waals surface area contributed by atoms with Crippen LogP contribution in [0.15, 0.2) is 4.76 Å². The number of nitrogens with zero attached hydrogens (tertiary/aromatic N) is 2. The molecule has 126 valence electrons. The average molecular weight is 336 g/mol. The van der Waals surface area contributed by atoms with E-state index in [0.717, 1.165) is 63.9 Å². The number of thiol groups is 1. The minimum atomic E-state index is -3.65. The van der Waals surface area contributed by atoms with Crippen LogP contribution in [0.3, 0.4) is 0 Å². The van der Waals surface area contributed by atoms with Gasteiger partial charge in [-0.15, -0.1) is 0 Å². The van der Waals surface area contributed by atoms with Crippen LogP contribution in [0.4, 0.5) is 0 Å². The maximum Gasteiger partial charge on any atom is 0.367 e. The molecule has 0 saturated carbocycles. The molecule has 0 saturated heterocycles. The molecular formula is C15H33N2O2PS. The van der Waals surface area contributed by atoms with E-state index in [-0.39, 0.29) is 0 Å². The predicted octanol–water partition coefficient (Wildman–Crippen LogP) is 5.29. The zero-order valence-corrected chi connectivity index (χ0v) is 15.7. The van der Waals surface area contributed by atoms with E-state index < -0.39 is 6.72 Å².